The zero-order chi connectivity index (χ0) is 13.6. The third-order valence-electron chi connectivity index (χ3n) is 4.33. The molecule has 1 nitrogen and oxygen atoms in total. The van der Waals surface area contributed by atoms with Crippen molar-refractivity contribution in [3.8, 4) is 0 Å². The largest absolute Gasteiger partial charge is 0.389 e. The number of aliphatic hydroxyl groups is 1. The third-order valence-corrected chi connectivity index (χ3v) is 4.68. The Balaban J connectivity index is 2.05. The fourth-order valence-electron chi connectivity index (χ4n) is 3.18. The van der Waals surface area contributed by atoms with Crippen LogP contribution in [-0.2, 0) is 6.42 Å². The Morgan fingerprint density at radius 2 is 2.26 bits per heavy atom. The van der Waals surface area contributed by atoms with Crippen molar-refractivity contribution in [3.63, 3.8) is 0 Å². The van der Waals surface area contributed by atoms with E-state index in [1.807, 2.05) is 13.0 Å². The molecule has 0 heterocycles. The lowest BCUT2D eigenvalue weighted by Gasteiger charge is -2.20. The van der Waals surface area contributed by atoms with Crippen molar-refractivity contribution in [2.75, 3.05) is 0 Å². The minimum absolute atomic E-state index is 0.290. The minimum atomic E-state index is -0.290. The van der Waals surface area contributed by atoms with E-state index in [4.69, 9.17) is 11.6 Å². The first-order valence-corrected chi connectivity index (χ1v) is 7.36. The third kappa shape index (κ3) is 2.15. The number of hydrogen-bond acceptors (Lipinski definition) is 1. The van der Waals surface area contributed by atoms with Crippen molar-refractivity contribution in [2.24, 2.45) is 5.92 Å². The Labute approximate surface area is 119 Å². The lowest BCUT2D eigenvalue weighted by molar-refractivity contribution is 0.201. The van der Waals surface area contributed by atoms with Gasteiger partial charge in [0, 0.05) is 5.02 Å². The predicted molar refractivity (Wildman–Crippen MR) is 80.5 cm³/mol. The van der Waals surface area contributed by atoms with E-state index in [0.717, 1.165) is 29.8 Å². The first-order valence-electron chi connectivity index (χ1n) is 6.98. The normalized spacial score (nSPS) is 25.1. The molecule has 19 heavy (non-hydrogen) atoms. The quantitative estimate of drug-likeness (QED) is 0.810. The molecule has 1 fully saturated rings. The maximum atomic E-state index is 10.1. The molecule has 0 amide bonds. The molecule has 2 unspecified atom stereocenters. The summed E-state index contributed by atoms with van der Waals surface area (Å²) in [6.07, 6.45) is 6.51. The Morgan fingerprint density at radius 1 is 1.47 bits per heavy atom. The highest BCUT2D eigenvalue weighted by Gasteiger charge is 2.45. The van der Waals surface area contributed by atoms with Crippen LogP contribution in [0, 0.1) is 5.92 Å². The maximum Gasteiger partial charge on any atom is 0.0753 e. The van der Waals surface area contributed by atoms with Crippen LogP contribution in [0.2, 0.25) is 5.02 Å². The second-order valence-electron chi connectivity index (χ2n) is 5.58. The van der Waals surface area contributed by atoms with Crippen molar-refractivity contribution < 1.29 is 5.11 Å². The fourth-order valence-corrected chi connectivity index (χ4v) is 3.43. The van der Waals surface area contributed by atoms with Gasteiger partial charge in [-0.25, -0.2) is 0 Å². The van der Waals surface area contributed by atoms with E-state index >= 15 is 0 Å². The second kappa shape index (κ2) is 4.81. The molecule has 0 aliphatic heterocycles. The van der Waals surface area contributed by atoms with E-state index in [0.29, 0.717) is 11.8 Å². The number of benzene rings is 1. The molecule has 2 aliphatic rings. The standard InChI is InChI=1S/C17H19ClO/c1-3-5-10-6-11-7-15(17(19)4-2)14-8-13(14)12(11)9-16(10)18/h3,6-7,9,13-14,17,19H,1,4-5,8H2,2H3/t13?,14?,17-/m0/s1. The van der Waals surface area contributed by atoms with Gasteiger partial charge in [0.2, 0.25) is 0 Å². The average molecular weight is 275 g/mol. The number of halogens is 1. The lowest BCUT2D eigenvalue weighted by atomic mass is 9.88. The van der Waals surface area contributed by atoms with Crippen LogP contribution in [-0.4, -0.2) is 11.2 Å². The number of fused-ring (bicyclic) bond motifs is 3. The van der Waals surface area contributed by atoms with E-state index in [2.05, 4.69) is 24.8 Å². The highest BCUT2D eigenvalue weighted by atomic mass is 35.5. The summed E-state index contributed by atoms with van der Waals surface area (Å²) in [7, 11) is 0. The summed E-state index contributed by atoms with van der Waals surface area (Å²) < 4.78 is 0. The molecule has 1 saturated carbocycles. The summed E-state index contributed by atoms with van der Waals surface area (Å²) in [6, 6.07) is 4.28. The van der Waals surface area contributed by atoms with Crippen molar-refractivity contribution in [3.05, 3.63) is 52.1 Å². The number of allylic oxidation sites excluding steroid dienone is 1. The monoisotopic (exact) mass is 274 g/mol. The van der Waals surface area contributed by atoms with Gasteiger partial charge in [0.25, 0.3) is 0 Å². The first kappa shape index (κ1) is 13.0. The summed E-state index contributed by atoms with van der Waals surface area (Å²) in [5.74, 6) is 1.12. The second-order valence-corrected chi connectivity index (χ2v) is 5.99. The van der Waals surface area contributed by atoms with Crippen molar-refractivity contribution in [1.82, 2.24) is 0 Å². The molecule has 0 aromatic heterocycles. The Kier molecular flexibility index (Phi) is 3.28. The van der Waals surface area contributed by atoms with Gasteiger partial charge in [-0.05, 0) is 65.5 Å². The van der Waals surface area contributed by atoms with Crippen molar-refractivity contribution >= 4 is 17.7 Å². The van der Waals surface area contributed by atoms with Crippen molar-refractivity contribution in [2.45, 2.75) is 38.2 Å². The number of rotatable bonds is 4. The van der Waals surface area contributed by atoms with Crippen LogP contribution in [0.3, 0.4) is 0 Å². The molecule has 0 bridgehead atoms. The van der Waals surface area contributed by atoms with Gasteiger partial charge in [0.1, 0.15) is 0 Å². The zero-order valence-corrected chi connectivity index (χ0v) is 12.0. The topological polar surface area (TPSA) is 20.2 Å². The van der Waals surface area contributed by atoms with Crippen LogP contribution in [0.25, 0.3) is 6.08 Å². The van der Waals surface area contributed by atoms with E-state index in [1.54, 1.807) is 0 Å². The van der Waals surface area contributed by atoms with E-state index in [9.17, 15) is 5.11 Å². The molecule has 1 N–H and O–H groups in total. The summed E-state index contributed by atoms with van der Waals surface area (Å²) in [6.45, 7) is 5.81. The smallest absolute Gasteiger partial charge is 0.0753 e. The van der Waals surface area contributed by atoms with Crippen LogP contribution >= 0.6 is 11.6 Å². The van der Waals surface area contributed by atoms with E-state index < -0.39 is 0 Å². The summed E-state index contributed by atoms with van der Waals surface area (Å²) >= 11 is 6.33. The van der Waals surface area contributed by atoms with E-state index in [1.165, 1.54) is 16.7 Å². The summed E-state index contributed by atoms with van der Waals surface area (Å²) in [4.78, 5) is 0. The van der Waals surface area contributed by atoms with Gasteiger partial charge in [-0.3, -0.25) is 0 Å². The Hall–Kier alpha value is -1.05. The lowest BCUT2D eigenvalue weighted by Crippen LogP contribution is -2.13. The molecule has 0 saturated heterocycles. The molecule has 2 heteroatoms. The number of hydrogen-bond donors (Lipinski definition) is 1. The van der Waals surface area contributed by atoms with Crippen LogP contribution < -0.4 is 0 Å². The van der Waals surface area contributed by atoms with Gasteiger partial charge >= 0.3 is 0 Å². The van der Waals surface area contributed by atoms with E-state index in [-0.39, 0.29) is 6.10 Å². The maximum absolute atomic E-state index is 10.1. The molecule has 2 aliphatic carbocycles. The van der Waals surface area contributed by atoms with Gasteiger partial charge in [0.05, 0.1) is 6.10 Å². The molecule has 3 rings (SSSR count). The van der Waals surface area contributed by atoms with Gasteiger partial charge in [-0.1, -0.05) is 30.7 Å². The van der Waals surface area contributed by atoms with Crippen LogP contribution in [0.1, 0.15) is 42.4 Å². The van der Waals surface area contributed by atoms with Crippen LogP contribution in [0.5, 0.6) is 0 Å². The summed E-state index contributed by atoms with van der Waals surface area (Å²) in [5.41, 5.74) is 4.93. The zero-order valence-electron chi connectivity index (χ0n) is 11.2. The first-order chi connectivity index (χ1) is 9.15. The summed E-state index contributed by atoms with van der Waals surface area (Å²) in [5, 5.41) is 11.0. The molecule has 3 atom stereocenters. The number of aliphatic hydroxyl groups excluding tert-OH is 1. The predicted octanol–water partition coefficient (Wildman–Crippen LogP) is 4.34. The molecule has 1 aromatic rings. The molecule has 1 aromatic carbocycles. The van der Waals surface area contributed by atoms with Gasteiger partial charge in [0.15, 0.2) is 0 Å². The minimum Gasteiger partial charge on any atom is -0.389 e. The molecular weight excluding hydrogens is 256 g/mol. The average Bonchev–Trinajstić information content (AvgIpc) is 3.19. The Bertz CT molecular complexity index is 559. The van der Waals surface area contributed by atoms with Crippen LogP contribution in [0.4, 0.5) is 0 Å². The molecule has 100 valence electrons. The Morgan fingerprint density at radius 3 is 2.95 bits per heavy atom. The SMILES string of the molecule is C=CCc1cc2c(cc1Cl)C1CC1C([C@@H](O)CC)=C2. The van der Waals surface area contributed by atoms with Gasteiger partial charge in [-0.15, -0.1) is 6.58 Å². The fraction of sp³-hybridized carbons (Fsp3) is 0.412. The van der Waals surface area contributed by atoms with Crippen molar-refractivity contribution in [1.29, 1.82) is 0 Å². The molecular formula is C17H19ClO. The molecule has 0 spiro atoms. The van der Waals surface area contributed by atoms with Gasteiger partial charge in [-0.2, -0.15) is 0 Å². The molecule has 0 radical (unpaired) electrons. The van der Waals surface area contributed by atoms with Gasteiger partial charge < -0.3 is 5.11 Å². The highest BCUT2D eigenvalue weighted by Crippen LogP contribution is 2.57. The van der Waals surface area contributed by atoms with Crippen LogP contribution in [0.15, 0.2) is 30.4 Å². The highest BCUT2D eigenvalue weighted by molar-refractivity contribution is 6.31.